The number of hydrogen-bond donors (Lipinski definition) is 1. The van der Waals surface area contributed by atoms with Crippen LogP contribution in [-0.2, 0) is 11.3 Å². The molecule has 1 N–H and O–H groups in total. The van der Waals surface area contributed by atoms with E-state index in [0.717, 1.165) is 29.5 Å². The SMILES string of the molecule is Fc1ccc(COC2CCNC2)c(Br)c1. The zero-order chi connectivity index (χ0) is 10.7. The third kappa shape index (κ3) is 3.00. The highest BCUT2D eigenvalue weighted by Gasteiger charge is 2.15. The van der Waals surface area contributed by atoms with Crippen LogP contribution in [0.25, 0.3) is 0 Å². The number of halogens is 2. The fourth-order valence-corrected chi connectivity index (χ4v) is 2.08. The van der Waals surface area contributed by atoms with Crippen LogP contribution in [0.2, 0.25) is 0 Å². The topological polar surface area (TPSA) is 21.3 Å². The summed E-state index contributed by atoms with van der Waals surface area (Å²) in [6, 6.07) is 4.67. The Labute approximate surface area is 96.9 Å². The van der Waals surface area contributed by atoms with Crippen LogP contribution in [-0.4, -0.2) is 19.2 Å². The Morgan fingerprint density at radius 3 is 3.07 bits per heavy atom. The molecule has 0 radical (unpaired) electrons. The van der Waals surface area contributed by atoms with Crippen LogP contribution < -0.4 is 5.32 Å². The smallest absolute Gasteiger partial charge is 0.124 e. The summed E-state index contributed by atoms with van der Waals surface area (Å²) in [5.74, 6) is -0.229. The van der Waals surface area contributed by atoms with Crippen LogP contribution in [0.3, 0.4) is 0 Å². The molecular weight excluding hydrogens is 261 g/mol. The van der Waals surface area contributed by atoms with Crippen LogP contribution in [0.4, 0.5) is 4.39 Å². The van der Waals surface area contributed by atoms with E-state index in [2.05, 4.69) is 21.2 Å². The lowest BCUT2D eigenvalue weighted by atomic mass is 10.2. The molecule has 1 aliphatic heterocycles. The van der Waals surface area contributed by atoms with Gasteiger partial charge >= 0.3 is 0 Å². The molecule has 1 saturated heterocycles. The molecule has 1 aromatic rings. The normalized spacial score (nSPS) is 20.8. The van der Waals surface area contributed by atoms with Gasteiger partial charge in [-0.3, -0.25) is 0 Å². The molecule has 0 amide bonds. The average Bonchev–Trinajstić information content (AvgIpc) is 2.69. The van der Waals surface area contributed by atoms with Crippen LogP contribution >= 0.6 is 15.9 Å². The Balaban J connectivity index is 1.92. The van der Waals surface area contributed by atoms with Crippen molar-refractivity contribution in [3.63, 3.8) is 0 Å². The summed E-state index contributed by atoms with van der Waals surface area (Å²) in [5, 5.41) is 3.24. The Bertz CT molecular complexity index is 339. The molecule has 0 aliphatic carbocycles. The van der Waals surface area contributed by atoms with Crippen molar-refractivity contribution in [3.05, 3.63) is 34.1 Å². The summed E-state index contributed by atoms with van der Waals surface area (Å²) in [7, 11) is 0. The van der Waals surface area contributed by atoms with Crippen LogP contribution in [0, 0.1) is 5.82 Å². The lowest BCUT2D eigenvalue weighted by Crippen LogP contribution is -2.16. The van der Waals surface area contributed by atoms with E-state index in [1.807, 2.05) is 0 Å². The van der Waals surface area contributed by atoms with Crippen LogP contribution in [0.5, 0.6) is 0 Å². The Kier molecular flexibility index (Phi) is 3.72. The van der Waals surface area contributed by atoms with Gasteiger partial charge in [0.1, 0.15) is 5.82 Å². The van der Waals surface area contributed by atoms with Crippen molar-refractivity contribution in [1.82, 2.24) is 5.32 Å². The molecule has 1 heterocycles. The highest BCUT2D eigenvalue weighted by molar-refractivity contribution is 9.10. The molecule has 4 heteroatoms. The monoisotopic (exact) mass is 273 g/mol. The van der Waals surface area contributed by atoms with E-state index >= 15 is 0 Å². The summed E-state index contributed by atoms with van der Waals surface area (Å²) in [6.07, 6.45) is 1.35. The van der Waals surface area contributed by atoms with Crippen molar-refractivity contribution in [2.45, 2.75) is 19.1 Å². The molecule has 0 aromatic heterocycles. The van der Waals surface area contributed by atoms with Crippen LogP contribution in [0.1, 0.15) is 12.0 Å². The first kappa shape index (κ1) is 11.0. The van der Waals surface area contributed by atoms with E-state index in [1.54, 1.807) is 6.07 Å². The summed E-state index contributed by atoms with van der Waals surface area (Å²) in [6.45, 7) is 2.47. The molecule has 1 aliphatic rings. The van der Waals surface area contributed by atoms with Gasteiger partial charge in [-0.2, -0.15) is 0 Å². The van der Waals surface area contributed by atoms with Gasteiger partial charge in [0.2, 0.25) is 0 Å². The number of hydrogen-bond acceptors (Lipinski definition) is 2. The first-order chi connectivity index (χ1) is 7.25. The average molecular weight is 274 g/mol. The second kappa shape index (κ2) is 5.05. The third-order valence-electron chi connectivity index (χ3n) is 2.50. The molecular formula is C11H13BrFNO. The maximum absolute atomic E-state index is 12.8. The van der Waals surface area contributed by atoms with Crippen molar-refractivity contribution in [3.8, 4) is 0 Å². The summed E-state index contributed by atoms with van der Waals surface area (Å²) >= 11 is 3.32. The first-order valence-electron chi connectivity index (χ1n) is 5.02. The van der Waals surface area contributed by atoms with Crippen molar-refractivity contribution in [2.24, 2.45) is 0 Å². The van der Waals surface area contributed by atoms with Gasteiger partial charge in [0.25, 0.3) is 0 Å². The maximum Gasteiger partial charge on any atom is 0.124 e. The summed E-state index contributed by atoms with van der Waals surface area (Å²) < 4.78 is 19.3. The van der Waals surface area contributed by atoms with Gasteiger partial charge in [0.15, 0.2) is 0 Å². The highest BCUT2D eigenvalue weighted by atomic mass is 79.9. The van der Waals surface area contributed by atoms with Gasteiger partial charge in [0, 0.05) is 11.0 Å². The van der Waals surface area contributed by atoms with Gasteiger partial charge in [-0.15, -0.1) is 0 Å². The van der Waals surface area contributed by atoms with Gasteiger partial charge in [-0.05, 0) is 30.7 Å². The molecule has 0 bridgehead atoms. The van der Waals surface area contributed by atoms with E-state index in [0.29, 0.717) is 12.7 Å². The van der Waals surface area contributed by atoms with E-state index in [9.17, 15) is 4.39 Å². The molecule has 2 nitrogen and oxygen atoms in total. The molecule has 2 rings (SSSR count). The molecule has 1 fully saturated rings. The number of benzene rings is 1. The Hall–Kier alpha value is -0.450. The molecule has 82 valence electrons. The highest BCUT2D eigenvalue weighted by Crippen LogP contribution is 2.19. The molecule has 1 unspecified atom stereocenters. The third-order valence-corrected chi connectivity index (χ3v) is 3.24. The van der Waals surface area contributed by atoms with E-state index in [1.165, 1.54) is 12.1 Å². The fourth-order valence-electron chi connectivity index (χ4n) is 1.62. The minimum Gasteiger partial charge on any atom is -0.372 e. The maximum atomic E-state index is 12.8. The molecule has 1 atom stereocenters. The van der Waals surface area contributed by atoms with Gasteiger partial charge in [-0.1, -0.05) is 22.0 Å². The minimum atomic E-state index is -0.229. The first-order valence-corrected chi connectivity index (χ1v) is 5.81. The van der Waals surface area contributed by atoms with Crippen molar-refractivity contribution >= 4 is 15.9 Å². The second-order valence-electron chi connectivity index (χ2n) is 3.66. The number of ether oxygens (including phenoxy) is 1. The van der Waals surface area contributed by atoms with E-state index in [4.69, 9.17) is 4.74 Å². The van der Waals surface area contributed by atoms with E-state index < -0.39 is 0 Å². The largest absolute Gasteiger partial charge is 0.372 e. The van der Waals surface area contributed by atoms with Crippen molar-refractivity contribution in [2.75, 3.05) is 13.1 Å². The molecule has 0 spiro atoms. The number of nitrogens with one attached hydrogen (secondary N) is 1. The summed E-state index contributed by atoms with van der Waals surface area (Å²) in [4.78, 5) is 0. The molecule has 15 heavy (non-hydrogen) atoms. The molecule has 1 aromatic carbocycles. The fraction of sp³-hybridized carbons (Fsp3) is 0.455. The predicted molar refractivity (Wildman–Crippen MR) is 60.2 cm³/mol. The van der Waals surface area contributed by atoms with Crippen molar-refractivity contribution in [1.29, 1.82) is 0 Å². The van der Waals surface area contributed by atoms with Gasteiger partial charge in [0.05, 0.1) is 12.7 Å². The standard InChI is InChI=1S/C11H13BrFNO/c12-11-5-9(13)2-1-8(11)7-15-10-3-4-14-6-10/h1-2,5,10,14H,3-4,6-7H2. The van der Waals surface area contributed by atoms with Gasteiger partial charge in [-0.25, -0.2) is 4.39 Å². The lowest BCUT2D eigenvalue weighted by molar-refractivity contribution is 0.0539. The minimum absolute atomic E-state index is 0.229. The zero-order valence-electron chi connectivity index (χ0n) is 8.30. The summed E-state index contributed by atoms with van der Waals surface area (Å²) in [5.41, 5.74) is 0.989. The van der Waals surface area contributed by atoms with Gasteiger partial charge < -0.3 is 10.1 Å². The Morgan fingerprint density at radius 1 is 1.53 bits per heavy atom. The second-order valence-corrected chi connectivity index (χ2v) is 4.52. The van der Waals surface area contributed by atoms with Crippen molar-refractivity contribution < 1.29 is 9.13 Å². The lowest BCUT2D eigenvalue weighted by Gasteiger charge is -2.11. The van der Waals surface area contributed by atoms with E-state index in [-0.39, 0.29) is 5.82 Å². The zero-order valence-corrected chi connectivity index (χ0v) is 9.89. The van der Waals surface area contributed by atoms with Crippen LogP contribution in [0.15, 0.2) is 22.7 Å². The molecule has 0 saturated carbocycles. The quantitative estimate of drug-likeness (QED) is 0.914. The predicted octanol–water partition coefficient (Wildman–Crippen LogP) is 2.47. The number of rotatable bonds is 3. The Morgan fingerprint density at radius 2 is 2.40 bits per heavy atom.